The minimum absolute atomic E-state index is 0. The molecule has 0 spiro atoms. The van der Waals surface area contributed by atoms with Crippen LogP contribution >= 0.6 is 24.0 Å². The minimum atomic E-state index is 0. The Kier molecular flexibility index (Phi) is 11.5. The Hall–Kier alpha value is -0.120. The summed E-state index contributed by atoms with van der Waals surface area (Å²) < 4.78 is 11.1. The number of nitrogens with one attached hydrogen (secondary N) is 2. The van der Waals surface area contributed by atoms with Gasteiger partial charge in [0, 0.05) is 45.9 Å². The molecule has 2 fully saturated rings. The SMILES string of the molecule is CCNC(=NCC(OC)C(C)(C)C)NC1CCN(CC2CCOC2)CC1.I. The molecule has 2 heterocycles. The van der Waals surface area contributed by atoms with Gasteiger partial charge in [-0.25, -0.2) is 0 Å². The predicted octanol–water partition coefficient (Wildman–Crippen LogP) is 2.72. The van der Waals surface area contributed by atoms with E-state index in [2.05, 4.69) is 43.2 Å². The van der Waals surface area contributed by atoms with Crippen LogP contribution in [0.2, 0.25) is 0 Å². The average molecular weight is 496 g/mol. The Morgan fingerprint density at radius 1 is 1.26 bits per heavy atom. The van der Waals surface area contributed by atoms with Crippen LogP contribution < -0.4 is 10.6 Å². The van der Waals surface area contributed by atoms with E-state index in [1.54, 1.807) is 7.11 Å². The first-order valence-electron chi connectivity index (χ1n) is 10.3. The maximum atomic E-state index is 5.63. The van der Waals surface area contributed by atoms with Crippen molar-refractivity contribution in [2.45, 2.75) is 59.1 Å². The van der Waals surface area contributed by atoms with Crippen molar-refractivity contribution in [2.75, 3.05) is 53.0 Å². The van der Waals surface area contributed by atoms with Gasteiger partial charge in [-0.3, -0.25) is 4.99 Å². The van der Waals surface area contributed by atoms with Crippen molar-refractivity contribution in [1.29, 1.82) is 0 Å². The van der Waals surface area contributed by atoms with Crippen molar-refractivity contribution < 1.29 is 9.47 Å². The highest BCUT2D eigenvalue weighted by atomic mass is 127. The number of hydrogen-bond acceptors (Lipinski definition) is 4. The summed E-state index contributed by atoms with van der Waals surface area (Å²) in [6.07, 6.45) is 3.69. The molecule has 0 amide bonds. The van der Waals surface area contributed by atoms with E-state index in [9.17, 15) is 0 Å². The standard InChI is InChI=1S/C20H40N4O2.HI/c1-6-21-19(22-13-18(25-5)20(2,3)4)23-17-7-10-24(11-8-17)14-16-9-12-26-15-16;/h16-18H,6-15H2,1-5H3,(H2,21,22,23);1H. The number of hydrogen-bond donors (Lipinski definition) is 2. The van der Waals surface area contributed by atoms with Crippen molar-refractivity contribution in [2.24, 2.45) is 16.3 Å². The van der Waals surface area contributed by atoms with Gasteiger partial charge < -0.3 is 25.0 Å². The van der Waals surface area contributed by atoms with Crippen LogP contribution in [0.25, 0.3) is 0 Å². The fourth-order valence-electron chi connectivity index (χ4n) is 3.74. The first-order chi connectivity index (χ1) is 12.4. The average Bonchev–Trinajstić information content (AvgIpc) is 3.09. The van der Waals surface area contributed by atoms with Crippen LogP contribution in [-0.4, -0.2) is 76.1 Å². The molecule has 2 aliphatic rings. The number of methoxy groups -OCH3 is 1. The Morgan fingerprint density at radius 2 is 1.96 bits per heavy atom. The summed E-state index contributed by atoms with van der Waals surface area (Å²) in [7, 11) is 1.77. The Bertz CT molecular complexity index is 428. The highest BCUT2D eigenvalue weighted by Crippen LogP contribution is 2.22. The quantitative estimate of drug-likeness (QED) is 0.323. The smallest absolute Gasteiger partial charge is 0.191 e. The molecule has 2 saturated heterocycles. The third-order valence-electron chi connectivity index (χ3n) is 5.48. The minimum Gasteiger partial charge on any atom is -0.381 e. The van der Waals surface area contributed by atoms with Gasteiger partial charge in [-0.2, -0.15) is 0 Å². The van der Waals surface area contributed by atoms with E-state index < -0.39 is 0 Å². The van der Waals surface area contributed by atoms with Crippen LogP contribution in [0, 0.1) is 11.3 Å². The van der Waals surface area contributed by atoms with Crippen LogP contribution in [0.3, 0.4) is 0 Å². The number of likely N-dealkylation sites (tertiary alicyclic amines) is 1. The maximum absolute atomic E-state index is 5.63. The van der Waals surface area contributed by atoms with Gasteiger partial charge in [0.25, 0.3) is 0 Å². The van der Waals surface area contributed by atoms with Gasteiger partial charge in [0.1, 0.15) is 0 Å². The highest BCUT2D eigenvalue weighted by Gasteiger charge is 2.26. The molecule has 0 bridgehead atoms. The zero-order chi connectivity index (χ0) is 19.0. The van der Waals surface area contributed by atoms with Crippen LogP contribution in [0.4, 0.5) is 0 Å². The molecule has 7 heteroatoms. The van der Waals surface area contributed by atoms with Gasteiger partial charge in [0.15, 0.2) is 5.96 Å². The molecule has 160 valence electrons. The number of aliphatic imine (C=N–C) groups is 1. The second-order valence-corrected chi connectivity index (χ2v) is 8.76. The zero-order valence-electron chi connectivity index (χ0n) is 17.9. The van der Waals surface area contributed by atoms with E-state index in [1.165, 1.54) is 25.8 Å². The van der Waals surface area contributed by atoms with Crippen LogP contribution in [0.1, 0.15) is 47.0 Å². The molecule has 2 atom stereocenters. The molecule has 0 radical (unpaired) electrons. The maximum Gasteiger partial charge on any atom is 0.191 e. The Labute approximate surface area is 183 Å². The fourth-order valence-corrected chi connectivity index (χ4v) is 3.74. The van der Waals surface area contributed by atoms with E-state index in [0.717, 1.165) is 44.7 Å². The number of halogens is 1. The van der Waals surface area contributed by atoms with Crippen molar-refractivity contribution in [3.63, 3.8) is 0 Å². The lowest BCUT2D eigenvalue weighted by Crippen LogP contribution is -2.49. The lowest BCUT2D eigenvalue weighted by Gasteiger charge is -2.34. The van der Waals surface area contributed by atoms with Gasteiger partial charge in [0.2, 0.25) is 0 Å². The van der Waals surface area contributed by atoms with E-state index >= 15 is 0 Å². The van der Waals surface area contributed by atoms with Crippen LogP contribution in [0.5, 0.6) is 0 Å². The van der Waals surface area contributed by atoms with Crippen LogP contribution in [-0.2, 0) is 9.47 Å². The Balaban J connectivity index is 0.00000364. The van der Waals surface area contributed by atoms with Gasteiger partial charge in [-0.05, 0) is 37.5 Å². The van der Waals surface area contributed by atoms with Crippen LogP contribution in [0.15, 0.2) is 4.99 Å². The van der Waals surface area contributed by atoms with Crippen molar-refractivity contribution in [1.82, 2.24) is 15.5 Å². The van der Waals surface area contributed by atoms with Gasteiger partial charge in [0.05, 0.1) is 19.3 Å². The summed E-state index contributed by atoms with van der Waals surface area (Å²) in [5, 5.41) is 7.02. The zero-order valence-corrected chi connectivity index (χ0v) is 20.3. The molecule has 2 N–H and O–H groups in total. The molecular weight excluding hydrogens is 455 g/mol. The molecule has 0 saturated carbocycles. The molecule has 0 aromatic carbocycles. The number of ether oxygens (including phenoxy) is 2. The summed E-state index contributed by atoms with van der Waals surface area (Å²) in [4.78, 5) is 7.39. The van der Waals surface area contributed by atoms with Crippen molar-refractivity contribution >= 4 is 29.9 Å². The third-order valence-corrected chi connectivity index (χ3v) is 5.48. The molecule has 6 nitrogen and oxygen atoms in total. The van der Waals surface area contributed by atoms with Crippen molar-refractivity contribution in [3.8, 4) is 0 Å². The third kappa shape index (κ3) is 8.83. The second kappa shape index (κ2) is 12.4. The largest absolute Gasteiger partial charge is 0.381 e. The van der Waals surface area contributed by atoms with Gasteiger partial charge >= 0.3 is 0 Å². The normalized spacial score (nSPS) is 23.7. The summed E-state index contributed by atoms with van der Waals surface area (Å²) in [6.45, 7) is 15.7. The number of nitrogens with zero attached hydrogens (tertiary/aromatic N) is 2. The fraction of sp³-hybridized carbons (Fsp3) is 0.950. The molecule has 2 rings (SSSR count). The van der Waals surface area contributed by atoms with E-state index in [1.807, 2.05) is 0 Å². The van der Waals surface area contributed by atoms with E-state index in [4.69, 9.17) is 14.5 Å². The van der Waals surface area contributed by atoms with Gasteiger partial charge in [-0.1, -0.05) is 20.8 Å². The van der Waals surface area contributed by atoms with Crippen molar-refractivity contribution in [3.05, 3.63) is 0 Å². The lowest BCUT2D eigenvalue weighted by molar-refractivity contribution is 0.0241. The first-order valence-corrected chi connectivity index (χ1v) is 10.3. The number of rotatable bonds is 7. The molecular formula is C20H41IN4O2. The monoisotopic (exact) mass is 496 g/mol. The molecule has 0 aliphatic carbocycles. The molecule has 0 aromatic heterocycles. The summed E-state index contributed by atoms with van der Waals surface area (Å²) in [5.74, 6) is 1.66. The first kappa shape index (κ1) is 24.9. The lowest BCUT2D eigenvalue weighted by atomic mass is 9.89. The predicted molar refractivity (Wildman–Crippen MR) is 123 cm³/mol. The van der Waals surface area contributed by atoms with Gasteiger partial charge in [-0.15, -0.1) is 24.0 Å². The summed E-state index contributed by atoms with van der Waals surface area (Å²) >= 11 is 0. The molecule has 2 unspecified atom stereocenters. The Morgan fingerprint density at radius 3 is 2.48 bits per heavy atom. The highest BCUT2D eigenvalue weighted by molar-refractivity contribution is 14.0. The molecule has 27 heavy (non-hydrogen) atoms. The second-order valence-electron chi connectivity index (χ2n) is 8.76. The number of piperidine rings is 1. The number of guanidine groups is 1. The molecule has 0 aromatic rings. The van der Waals surface area contributed by atoms with E-state index in [-0.39, 0.29) is 35.5 Å². The topological polar surface area (TPSA) is 58.1 Å². The van der Waals surface area contributed by atoms with E-state index in [0.29, 0.717) is 12.6 Å². The summed E-state index contributed by atoms with van der Waals surface area (Å²) in [5.41, 5.74) is 0.0882. The summed E-state index contributed by atoms with van der Waals surface area (Å²) in [6, 6.07) is 0.500. The molecule has 2 aliphatic heterocycles.